The predicted octanol–water partition coefficient (Wildman–Crippen LogP) is 1.19. The van der Waals surface area contributed by atoms with E-state index in [0.29, 0.717) is 6.61 Å². The maximum absolute atomic E-state index is 12.0. The molecule has 2 atom stereocenters. The molecule has 4 heteroatoms. The number of aliphatic hydroxyl groups is 1. The third-order valence-electron chi connectivity index (χ3n) is 3.35. The van der Waals surface area contributed by atoms with Crippen molar-refractivity contribution in [3.05, 3.63) is 35.9 Å². The summed E-state index contributed by atoms with van der Waals surface area (Å²) in [5.74, 6) is -0.145. The number of hydrogen-bond donors (Lipinski definition) is 2. The van der Waals surface area contributed by atoms with Gasteiger partial charge in [0, 0.05) is 6.61 Å². The van der Waals surface area contributed by atoms with Gasteiger partial charge in [0.15, 0.2) is 0 Å². The molecule has 2 N–H and O–H groups in total. The van der Waals surface area contributed by atoms with Gasteiger partial charge >= 0.3 is 0 Å². The summed E-state index contributed by atoms with van der Waals surface area (Å²) in [4.78, 5) is 12.0. The van der Waals surface area contributed by atoms with Crippen molar-refractivity contribution in [3.63, 3.8) is 0 Å². The van der Waals surface area contributed by atoms with Gasteiger partial charge in [-0.3, -0.25) is 4.79 Å². The Morgan fingerprint density at radius 1 is 1.50 bits per heavy atom. The fourth-order valence-corrected chi connectivity index (χ4v) is 2.15. The predicted molar refractivity (Wildman–Crippen MR) is 68.0 cm³/mol. The van der Waals surface area contributed by atoms with E-state index in [1.807, 2.05) is 37.3 Å². The molecule has 0 aliphatic carbocycles. The molecule has 0 aromatic heterocycles. The van der Waals surface area contributed by atoms with Crippen molar-refractivity contribution in [1.29, 1.82) is 0 Å². The van der Waals surface area contributed by atoms with E-state index >= 15 is 0 Å². The van der Waals surface area contributed by atoms with Crippen molar-refractivity contribution in [2.24, 2.45) is 0 Å². The molecule has 98 valence electrons. The number of aliphatic hydroxyl groups excluding tert-OH is 1. The zero-order valence-corrected chi connectivity index (χ0v) is 10.6. The highest BCUT2D eigenvalue weighted by molar-refractivity contribution is 5.81. The number of nitrogens with one attached hydrogen (secondary N) is 1. The van der Waals surface area contributed by atoms with Crippen LogP contribution in [0, 0.1) is 0 Å². The minimum atomic E-state index is -0.760. The van der Waals surface area contributed by atoms with E-state index in [1.54, 1.807) is 0 Å². The van der Waals surface area contributed by atoms with Crippen LogP contribution in [-0.4, -0.2) is 30.3 Å². The Kier molecular flexibility index (Phi) is 3.99. The Morgan fingerprint density at radius 2 is 2.22 bits per heavy atom. The Morgan fingerprint density at radius 3 is 2.78 bits per heavy atom. The molecule has 2 unspecified atom stereocenters. The molecule has 0 spiro atoms. The first kappa shape index (κ1) is 13.1. The smallest absolute Gasteiger partial charge is 0.249 e. The molecule has 1 amide bonds. The number of benzene rings is 1. The largest absolute Gasteiger partial charge is 0.394 e. The second kappa shape index (κ2) is 5.50. The summed E-state index contributed by atoms with van der Waals surface area (Å²) < 4.78 is 5.35. The van der Waals surface area contributed by atoms with Gasteiger partial charge in [-0.1, -0.05) is 30.3 Å². The van der Waals surface area contributed by atoms with E-state index in [-0.39, 0.29) is 18.6 Å². The number of amides is 1. The van der Waals surface area contributed by atoms with Crippen LogP contribution in [0.25, 0.3) is 0 Å². The van der Waals surface area contributed by atoms with Crippen molar-refractivity contribution >= 4 is 5.91 Å². The number of ether oxygens (including phenoxy) is 1. The third kappa shape index (κ3) is 2.71. The molecule has 2 rings (SSSR count). The second-order valence-corrected chi connectivity index (χ2v) is 4.85. The van der Waals surface area contributed by atoms with Gasteiger partial charge in [-0.15, -0.1) is 0 Å². The van der Waals surface area contributed by atoms with Gasteiger partial charge in [-0.25, -0.2) is 0 Å². The van der Waals surface area contributed by atoms with Crippen LogP contribution in [0.2, 0.25) is 0 Å². The highest BCUT2D eigenvalue weighted by Crippen LogP contribution is 2.21. The van der Waals surface area contributed by atoms with E-state index in [1.165, 1.54) is 0 Å². The molecule has 1 aromatic rings. The van der Waals surface area contributed by atoms with Gasteiger partial charge in [0.25, 0.3) is 0 Å². The van der Waals surface area contributed by atoms with Crippen molar-refractivity contribution in [2.75, 3.05) is 13.2 Å². The highest BCUT2D eigenvalue weighted by atomic mass is 16.5. The first-order valence-corrected chi connectivity index (χ1v) is 6.26. The maximum atomic E-state index is 12.0. The van der Waals surface area contributed by atoms with Crippen molar-refractivity contribution < 1.29 is 14.6 Å². The molecule has 0 saturated carbocycles. The zero-order valence-electron chi connectivity index (χ0n) is 10.6. The molecule has 1 saturated heterocycles. The molecule has 1 fully saturated rings. The Bertz CT molecular complexity index is 401. The van der Waals surface area contributed by atoms with Gasteiger partial charge < -0.3 is 15.2 Å². The van der Waals surface area contributed by atoms with Gasteiger partial charge in [-0.2, -0.15) is 0 Å². The lowest BCUT2D eigenvalue weighted by Crippen LogP contribution is -2.49. The zero-order chi connectivity index (χ0) is 13.0. The normalized spacial score (nSPS) is 22.4. The van der Waals surface area contributed by atoms with Crippen molar-refractivity contribution in [2.45, 2.75) is 31.4 Å². The van der Waals surface area contributed by atoms with Crippen LogP contribution in [-0.2, 0) is 15.1 Å². The molecule has 0 radical (unpaired) electrons. The van der Waals surface area contributed by atoms with E-state index in [9.17, 15) is 9.90 Å². The number of carbonyl (C=O) groups excluding carboxylic acids is 1. The molecule has 4 nitrogen and oxygen atoms in total. The SMILES string of the molecule is CC(CO)(NC(=O)C1CCCO1)c1ccccc1. The lowest BCUT2D eigenvalue weighted by atomic mass is 9.92. The van der Waals surface area contributed by atoms with Crippen LogP contribution in [0.15, 0.2) is 30.3 Å². The Balaban J connectivity index is 2.10. The van der Waals surface area contributed by atoms with E-state index in [0.717, 1.165) is 18.4 Å². The number of rotatable bonds is 4. The Hall–Kier alpha value is -1.39. The summed E-state index contributed by atoms with van der Waals surface area (Å²) in [7, 11) is 0. The average molecular weight is 249 g/mol. The van der Waals surface area contributed by atoms with Gasteiger partial charge in [0.1, 0.15) is 6.10 Å². The monoisotopic (exact) mass is 249 g/mol. The minimum Gasteiger partial charge on any atom is -0.394 e. The van der Waals surface area contributed by atoms with E-state index < -0.39 is 5.54 Å². The van der Waals surface area contributed by atoms with Crippen LogP contribution >= 0.6 is 0 Å². The molecular formula is C14H19NO3. The lowest BCUT2D eigenvalue weighted by molar-refractivity contribution is -0.132. The summed E-state index contributed by atoms with van der Waals surface area (Å²) in [5, 5.41) is 12.5. The van der Waals surface area contributed by atoms with Crippen LogP contribution < -0.4 is 5.32 Å². The van der Waals surface area contributed by atoms with Crippen LogP contribution in [0.4, 0.5) is 0 Å². The minimum absolute atomic E-state index is 0.143. The first-order valence-electron chi connectivity index (χ1n) is 6.26. The molecule has 1 aliphatic heterocycles. The topological polar surface area (TPSA) is 58.6 Å². The molecule has 1 heterocycles. The van der Waals surface area contributed by atoms with Crippen molar-refractivity contribution in [1.82, 2.24) is 5.32 Å². The fourth-order valence-electron chi connectivity index (χ4n) is 2.15. The molecular weight excluding hydrogens is 230 g/mol. The summed E-state index contributed by atoms with van der Waals surface area (Å²) in [6, 6.07) is 9.48. The van der Waals surface area contributed by atoms with E-state index in [4.69, 9.17) is 4.74 Å². The fraction of sp³-hybridized carbons (Fsp3) is 0.500. The van der Waals surface area contributed by atoms with Crippen LogP contribution in [0.1, 0.15) is 25.3 Å². The van der Waals surface area contributed by atoms with Crippen LogP contribution in [0.5, 0.6) is 0 Å². The molecule has 0 bridgehead atoms. The summed E-state index contributed by atoms with van der Waals surface area (Å²) in [5.41, 5.74) is 0.128. The van der Waals surface area contributed by atoms with Gasteiger partial charge in [-0.05, 0) is 25.3 Å². The van der Waals surface area contributed by atoms with Crippen molar-refractivity contribution in [3.8, 4) is 0 Å². The van der Waals surface area contributed by atoms with Gasteiger partial charge in [0.05, 0.1) is 12.1 Å². The lowest BCUT2D eigenvalue weighted by Gasteiger charge is -2.30. The average Bonchev–Trinajstić information content (AvgIpc) is 2.93. The maximum Gasteiger partial charge on any atom is 0.249 e. The van der Waals surface area contributed by atoms with E-state index in [2.05, 4.69) is 5.32 Å². The summed E-state index contributed by atoms with van der Waals surface area (Å²) in [6.07, 6.45) is 1.29. The Labute approximate surface area is 107 Å². The molecule has 18 heavy (non-hydrogen) atoms. The van der Waals surface area contributed by atoms with Gasteiger partial charge in [0.2, 0.25) is 5.91 Å². The summed E-state index contributed by atoms with van der Waals surface area (Å²) in [6.45, 7) is 2.31. The standard InChI is InChI=1S/C14H19NO3/c1-14(10-16,11-6-3-2-4-7-11)15-13(17)12-8-5-9-18-12/h2-4,6-7,12,16H,5,8-10H2,1H3,(H,15,17). The number of hydrogen-bond acceptors (Lipinski definition) is 3. The third-order valence-corrected chi connectivity index (χ3v) is 3.35. The number of carbonyl (C=O) groups is 1. The second-order valence-electron chi connectivity index (χ2n) is 4.85. The van der Waals surface area contributed by atoms with Crippen LogP contribution in [0.3, 0.4) is 0 Å². The first-order chi connectivity index (χ1) is 8.65. The molecule has 1 aliphatic rings. The summed E-state index contributed by atoms with van der Waals surface area (Å²) >= 11 is 0. The highest BCUT2D eigenvalue weighted by Gasteiger charge is 2.32. The quantitative estimate of drug-likeness (QED) is 0.842. The molecule has 1 aromatic carbocycles.